The van der Waals surface area contributed by atoms with E-state index in [1.54, 1.807) is 11.3 Å². The predicted octanol–water partition coefficient (Wildman–Crippen LogP) is 3.43. The Morgan fingerprint density at radius 3 is 3.00 bits per heavy atom. The number of nitrogens with zero attached hydrogens (tertiary/aromatic N) is 2. The maximum absolute atomic E-state index is 12.2. The first kappa shape index (κ1) is 11.9. The van der Waals surface area contributed by atoms with E-state index in [4.69, 9.17) is 0 Å². The summed E-state index contributed by atoms with van der Waals surface area (Å²) < 4.78 is 2.93. The molecule has 3 rings (SSSR count). The highest BCUT2D eigenvalue weighted by molar-refractivity contribution is 14.1. The van der Waals surface area contributed by atoms with Crippen LogP contribution in [-0.2, 0) is 6.42 Å². The molecule has 3 nitrogen and oxygen atoms in total. The van der Waals surface area contributed by atoms with E-state index in [1.807, 2.05) is 46.4 Å². The zero-order valence-corrected chi connectivity index (χ0v) is 12.3. The van der Waals surface area contributed by atoms with Crippen LogP contribution < -0.4 is 0 Å². The van der Waals surface area contributed by atoms with Crippen LogP contribution in [0.1, 0.15) is 16.1 Å². The van der Waals surface area contributed by atoms with Gasteiger partial charge in [-0.05, 0) is 28.7 Å². The van der Waals surface area contributed by atoms with Crippen molar-refractivity contribution >= 4 is 44.7 Å². The smallest absolute Gasteiger partial charge is 0.193 e. The van der Waals surface area contributed by atoms with Gasteiger partial charge in [-0.1, -0.05) is 18.2 Å². The Labute approximate surface area is 122 Å². The van der Waals surface area contributed by atoms with E-state index >= 15 is 0 Å². The van der Waals surface area contributed by atoms with Crippen LogP contribution >= 0.6 is 33.9 Å². The predicted molar refractivity (Wildman–Crippen MR) is 80.3 cm³/mol. The summed E-state index contributed by atoms with van der Waals surface area (Å²) in [6, 6.07) is 7.63. The minimum Gasteiger partial charge on any atom is -0.297 e. The molecule has 5 heteroatoms. The highest BCUT2D eigenvalue weighted by Crippen LogP contribution is 2.16. The molecule has 2 heterocycles. The Bertz CT molecular complexity index is 688. The van der Waals surface area contributed by atoms with Crippen LogP contribution in [0.3, 0.4) is 0 Å². The van der Waals surface area contributed by atoms with E-state index in [1.165, 1.54) is 0 Å². The van der Waals surface area contributed by atoms with Crippen LogP contribution in [-0.4, -0.2) is 15.2 Å². The van der Waals surface area contributed by atoms with Gasteiger partial charge < -0.3 is 0 Å². The number of fused-ring (bicyclic) bond motifs is 1. The van der Waals surface area contributed by atoms with E-state index in [0.29, 0.717) is 6.42 Å². The maximum atomic E-state index is 12.2. The molecule has 3 aromatic rings. The van der Waals surface area contributed by atoms with Gasteiger partial charge in [-0.15, -0.1) is 11.3 Å². The number of halogens is 1. The first-order chi connectivity index (χ1) is 8.74. The molecule has 0 N–H and O–H groups in total. The van der Waals surface area contributed by atoms with E-state index in [0.717, 1.165) is 19.8 Å². The number of carbonyl (C=O) groups excluding carboxylic acids is 1. The van der Waals surface area contributed by atoms with Crippen LogP contribution in [0.2, 0.25) is 0 Å². The average Bonchev–Trinajstić information content (AvgIpc) is 2.90. The summed E-state index contributed by atoms with van der Waals surface area (Å²) in [7, 11) is 0. The first-order valence-electron chi connectivity index (χ1n) is 5.43. The summed E-state index contributed by atoms with van der Waals surface area (Å²) in [4.78, 5) is 17.5. The number of hydrogen-bond donors (Lipinski definition) is 0. The Kier molecular flexibility index (Phi) is 3.17. The second-order valence-corrected chi connectivity index (χ2v) is 5.94. The van der Waals surface area contributed by atoms with E-state index in [2.05, 4.69) is 27.6 Å². The number of rotatable bonds is 3. The molecule has 18 heavy (non-hydrogen) atoms. The molecule has 90 valence electrons. The summed E-state index contributed by atoms with van der Waals surface area (Å²) in [5, 5.41) is 1.98. The molecule has 0 fully saturated rings. The number of imidazole rings is 1. The lowest BCUT2D eigenvalue weighted by atomic mass is 10.1. The lowest BCUT2D eigenvalue weighted by Crippen LogP contribution is -2.05. The molecule has 0 bridgehead atoms. The lowest BCUT2D eigenvalue weighted by Gasteiger charge is -2.01. The molecule has 0 spiro atoms. The van der Waals surface area contributed by atoms with Gasteiger partial charge in [-0.25, -0.2) is 4.98 Å². The van der Waals surface area contributed by atoms with E-state index in [-0.39, 0.29) is 5.78 Å². The molecular formula is C13H9IN2OS. The van der Waals surface area contributed by atoms with E-state index < -0.39 is 0 Å². The largest absolute Gasteiger partial charge is 0.297 e. The molecule has 0 amide bonds. The van der Waals surface area contributed by atoms with Crippen LogP contribution in [0.15, 0.2) is 42.0 Å². The zero-order valence-electron chi connectivity index (χ0n) is 9.34. The van der Waals surface area contributed by atoms with Crippen LogP contribution in [0.4, 0.5) is 0 Å². The van der Waals surface area contributed by atoms with Gasteiger partial charge in [0.25, 0.3) is 0 Å². The number of carbonyl (C=O) groups is 1. The summed E-state index contributed by atoms with van der Waals surface area (Å²) in [6.45, 7) is 0. The van der Waals surface area contributed by atoms with Gasteiger partial charge in [0.2, 0.25) is 0 Å². The second kappa shape index (κ2) is 4.81. The number of ketones is 1. The fourth-order valence-electron chi connectivity index (χ4n) is 1.81. The number of Topliss-reactive ketones (excluding diaryl/α,β-unsaturated/α-hetero) is 1. The highest BCUT2D eigenvalue weighted by atomic mass is 127. The molecule has 1 aromatic carbocycles. The molecule has 0 saturated heterocycles. The van der Waals surface area contributed by atoms with Gasteiger partial charge in [-0.3, -0.25) is 9.20 Å². The molecule has 0 aliphatic heterocycles. The maximum Gasteiger partial charge on any atom is 0.193 e. The monoisotopic (exact) mass is 368 g/mol. The highest BCUT2D eigenvalue weighted by Gasteiger charge is 2.12. The van der Waals surface area contributed by atoms with Crippen LogP contribution in [0, 0.1) is 3.57 Å². The van der Waals surface area contributed by atoms with Gasteiger partial charge >= 0.3 is 0 Å². The van der Waals surface area contributed by atoms with Gasteiger partial charge in [0.15, 0.2) is 10.7 Å². The quantitative estimate of drug-likeness (QED) is 0.525. The Hall–Kier alpha value is -1.21. The number of benzene rings is 1. The van der Waals surface area contributed by atoms with Crippen molar-refractivity contribution in [1.82, 2.24) is 9.38 Å². The molecule has 0 unspecified atom stereocenters. The standard InChI is InChI=1S/C13H9IN2OS/c14-11-4-2-1-3-10(11)12(17)7-9-8-16-5-6-18-13(16)15-9/h1-6,8H,7H2. The number of hydrogen-bond acceptors (Lipinski definition) is 3. The fraction of sp³-hybridized carbons (Fsp3) is 0.0769. The van der Waals surface area contributed by atoms with Crippen molar-refractivity contribution in [3.8, 4) is 0 Å². The molecular weight excluding hydrogens is 359 g/mol. The minimum absolute atomic E-state index is 0.116. The third-order valence-electron chi connectivity index (χ3n) is 2.66. The number of aromatic nitrogens is 2. The first-order valence-corrected chi connectivity index (χ1v) is 7.39. The SMILES string of the molecule is O=C(Cc1cn2ccsc2n1)c1ccccc1I. The van der Waals surface area contributed by atoms with Crippen molar-refractivity contribution in [1.29, 1.82) is 0 Å². The third kappa shape index (κ3) is 2.20. The van der Waals surface area contributed by atoms with Crippen molar-refractivity contribution in [2.45, 2.75) is 6.42 Å². The van der Waals surface area contributed by atoms with Crippen molar-refractivity contribution < 1.29 is 4.79 Å². The molecule has 0 aliphatic rings. The summed E-state index contributed by atoms with van der Waals surface area (Å²) in [6.07, 6.45) is 4.22. The van der Waals surface area contributed by atoms with Crippen molar-refractivity contribution in [3.05, 3.63) is 56.9 Å². The Balaban J connectivity index is 1.87. The van der Waals surface area contributed by atoms with Gasteiger partial charge in [0.05, 0.1) is 12.1 Å². The van der Waals surface area contributed by atoms with Gasteiger partial charge in [-0.2, -0.15) is 0 Å². The normalized spacial score (nSPS) is 10.9. The Morgan fingerprint density at radius 2 is 2.22 bits per heavy atom. The zero-order chi connectivity index (χ0) is 12.5. The van der Waals surface area contributed by atoms with Crippen molar-refractivity contribution in [2.24, 2.45) is 0 Å². The van der Waals surface area contributed by atoms with E-state index in [9.17, 15) is 4.79 Å². The third-order valence-corrected chi connectivity index (χ3v) is 4.37. The number of thiazole rings is 1. The fourth-order valence-corrected chi connectivity index (χ4v) is 3.22. The second-order valence-electron chi connectivity index (χ2n) is 3.90. The minimum atomic E-state index is 0.116. The summed E-state index contributed by atoms with van der Waals surface area (Å²) in [5.41, 5.74) is 1.60. The van der Waals surface area contributed by atoms with Crippen molar-refractivity contribution in [2.75, 3.05) is 0 Å². The Morgan fingerprint density at radius 1 is 1.39 bits per heavy atom. The molecule has 0 atom stereocenters. The van der Waals surface area contributed by atoms with Gasteiger partial charge in [0, 0.05) is 26.9 Å². The molecule has 0 aliphatic carbocycles. The summed E-state index contributed by atoms with van der Waals surface area (Å²) >= 11 is 3.76. The van der Waals surface area contributed by atoms with Crippen molar-refractivity contribution in [3.63, 3.8) is 0 Å². The molecule has 0 radical (unpaired) electrons. The van der Waals surface area contributed by atoms with Gasteiger partial charge in [0.1, 0.15) is 0 Å². The topological polar surface area (TPSA) is 34.4 Å². The average molecular weight is 368 g/mol. The summed E-state index contributed by atoms with van der Waals surface area (Å²) in [5.74, 6) is 0.116. The lowest BCUT2D eigenvalue weighted by molar-refractivity contribution is 0.0991. The van der Waals surface area contributed by atoms with Crippen LogP contribution in [0.25, 0.3) is 4.96 Å². The molecule has 0 saturated carbocycles. The van der Waals surface area contributed by atoms with Crippen LogP contribution in [0.5, 0.6) is 0 Å². The molecule has 2 aromatic heterocycles.